The zero-order chi connectivity index (χ0) is 32.0. The fourth-order valence-electron chi connectivity index (χ4n) is 5.10. The van der Waals surface area contributed by atoms with E-state index in [0.29, 0.717) is 30.7 Å². The number of carbonyl (C=O) groups is 2. The molecule has 0 aliphatic rings. The Bertz CT molecular complexity index is 1660. The molecule has 0 heterocycles. The molecule has 0 spiro atoms. The van der Waals surface area contributed by atoms with Gasteiger partial charge in [0.1, 0.15) is 11.8 Å². The first kappa shape index (κ1) is 31.9. The second-order valence-corrected chi connectivity index (χ2v) is 10.9. The molecular weight excluding hydrogens is 576 g/mol. The molecule has 0 saturated carbocycles. The van der Waals surface area contributed by atoms with Gasteiger partial charge >= 0.3 is 11.9 Å². The molecule has 0 aliphatic carbocycles. The van der Waals surface area contributed by atoms with Crippen molar-refractivity contribution in [2.45, 2.75) is 31.8 Å². The van der Waals surface area contributed by atoms with Crippen LogP contribution in [0.5, 0.6) is 11.5 Å². The Labute approximate surface area is 270 Å². The third-order valence-electron chi connectivity index (χ3n) is 7.55. The van der Waals surface area contributed by atoms with Gasteiger partial charge in [-0.15, -0.1) is 0 Å². The van der Waals surface area contributed by atoms with Crippen molar-refractivity contribution in [3.05, 3.63) is 156 Å². The van der Waals surface area contributed by atoms with Crippen molar-refractivity contribution >= 4 is 23.3 Å². The van der Waals surface area contributed by atoms with Crippen LogP contribution < -0.4 is 19.7 Å². The maximum Gasteiger partial charge on any atom is 0.343 e. The van der Waals surface area contributed by atoms with Crippen LogP contribution in [0.25, 0.3) is 0 Å². The number of nitrogens with one attached hydrogen (secondary N) is 1. The van der Waals surface area contributed by atoms with E-state index in [1.165, 1.54) is 11.3 Å². The molecule has 7 heteroatoms. The largest absolute Gasteiger partial charge is 0.494 e. The first-order valence-corrected chi connectivity index (χ1v) is 15.5. The van der Waals surface area contributed by atoms with E-state index in [-0.39, 0.29) is 5.75 Å². The Morgan fingerprint density at radius 2 is 1.35 bits per heavy atom. The van der Waals surface area contributed by atoms with Crippen molar-refractivity contribution < 1.29 is 24.2 Å². The van der Waals surface area contributed by atoms with Crippen LogP contribution in [0.4, 0.5) is 11.4 Å². The molecule has 234 valence electrons. The van der Waals surface area contributed by atoms with Gasteiger partial charge in [0, 0.05) is 18.8 Å². The number of aryl methyl sites for hydroxylation is 1. The predicted octanol–water partition coefficient (Wildman–Crippen LogP) is 7.88. The van der Waals surface area contributed by atoms with Gasteiger partial charge in [0.2, 0.25) is 0 Å². The van der Waals surface area contributed by atoms with Gasteiger partial charge in [-0.25, -0.2) is 9.59 Å². The minimum absolute atomic E-state index is 0.274. The normalized spacial score (nSPS) is 11.3. The van der Waals surface area contributed by atoms with Crippen molar-refractivity contribution in [3.8, 4) is 11.5 Å². The Balaban J connectivity index is 1.11. The van der Waals surface area contributed by atoms with Crippen LogP contribution in [0.2, 0.25) is 0 Å². The standard InChI is InChI=1S/C39H38N2O5/c42-38(43)36(40-35-19-10-11-20-37(35)46-39(44)32-15-6-2-7-16-32)26-23-30-21-24-34(25-22-30)45-28-12-27-41(33-17-8-3-9-18-33)29-31-13-4-1-5-14-31/h1-11,13-22,24-25,36,40H,12,23,26-29H2,(H,42,43). The molecule has 46 heavy (non-hydrogen) atoms. The highest BCUT2D eigenvalue weighted by atomic mass is 16.5. The molecule has 0 bridgehead atoms. The number of benzene rings is 5. The molecule has 0 fully saturated rings. The monoisotopic (exact) mass is 614 g/mol. The van der Waals surface area contributed by atoms with Gasteiger partial charge in [-0.1, -0.05) is 91.0 Å². The van der Waals surface area contributed by atoms with Crippen molar-refractivity contribution in [1.82, 2.24) is 0 Å². The van der Waals surface area contributed by atoms with Gasteiger partial charge in [-0.3, -0.25) is 0 Å². The van der Waals surface area contributed by atoms with E-state index >= 15 is 0 Å². The molecule has 0 saturated heterocycles. The van der Waals surface area contributed by atoms with E-state index in [9.17, 15) is 14.7 Å². The number of nitrogens with zero attached hydrogens (tertiary/aromatic N) is 1. The van der Waals surface area contributed by atoms with Crippen LogP contribution in [-0.4, -0.2) is 36.2 Å². The summed E-state index contributed by atoms with van der Waals surface area (Å²) >= 11 is 0. The summed E-state index contributed by atoms with van der Waals surface area (Å²) < 4.78 is 11.6. The minimum atomic E-state index is -0.985. The highest BCUT2D eigenvalue weighted by Gasteiger charge is 2.20. The summed E-state index contributed by atoms with van der Waals surface area (Å²) in [5.41, 5.74) is 4.30. The number of esters is 1. The molecule has 5 rings (SSSR count). The number of ether oxygens (including phenoxy) is 2. The van der Waals surface area contributed by atoms with Crippen LogP contribution in [0.15, 0.2) is 140 Å². The van der Waals surface area contributed by atoms with Gasteiger partial charge in [0.25, 0.3) is 0 Å². The van der Waals surface area contributed by atoms with E-state index in [1.54, 1.807) is 48.5 Å². The van der Waals surface area contributed by atoms with Crippen LogP contribution in [-0.2, 0) is 17.8 Å². The summed E-state index contributed by atoms with van der Waals surface area (Å²) in [6.07, 6.45) is 1.74. The summed E-state index contributed by atoms with van der Waals surface area (Å²) in [5.74, 6) is -0.443. The van der Waals surface area contributed by atoms with Crippen molar-refractivity contribution in [2.24, 2.45) is 0 Å². The zero-order valence-corrected chi connectivity index (χ0v) is 25.6. The highest BCUT2D eigenvalue weighted by Crippen LogP contribution is 2.27. The molecule has 0 aromatic heterocycles. The number of hydrogen-bond acceptors (Lipinski definition) is 6. The van der Waals surface area contributed by atoms with Crippen LogP contribution >= 0.6 is 0 Å². The second-order valence-electron chi connectivity index (χ2n) is 10.9. The van der Waals surface area contributed by atoms with Gasteiger partial charge in [0.05, 0.1) is 17.9 Å². The number of aliphatic carboxylic acids is 1. The molecule has 0 amide bonds. The van der Waals surface area contributed by atoms with E-state index in [0.717, 1.165) is 30.8 Å². The maximum atomic E-state index is 12.6. The number of carboxylic acids is 1. The molecule has 5 aromatic carbocycles. The van der Waals surface area contributed by atoms with Crippen LogP contribution in [0.1, 0.15) is 34.3 Å². The summed E-state index contributed by atoms with van der Waals surface area (Å²) in [6, 6.07) is 43.3. The SMILES string of the molecule is O=C(Oc1ccccc1NC(CCc1ccc(OCCCN(Cc2ccccc2)c2ccccc2)cc1)C(=O)O)c1ccccc1. The number of para-hydroxylation sites is 3. The molecule has 1 atom stereocenters. The maximum absolute atomic E-state index is 12.6. The lowest BCUT2D eigenvalue weighted by Gasteiger charge is -2.25. The predicted molar refractivity (Wildman–Crippen MR) is 182 cm³/mol. The van der Waals surface area contributed by atoms with Crippen LogP contribution in [0, 0.1) is 0 Å². The van der Waals surface area contributed by atoms with Crippen molar-refractivity contribution in [3.63, 3.8) is 0 Å². The highest BCUT2D eigenvalue weighted by molar-refractivity contribution is 5.92. The zero-order valence-electron chi connectivity index (χ0n) is 25.6. The summed E-state index contributed by atoms with van der Waals surface area (Å²) in [4.78, 5) is 27.1. The summed E-state index contributed by atoms with van der Waals surface area (Å²) in [5, 5.41) is 13.0. The van der Waals surface area contributed by atoms with Gasteiger partial charge in [-0.05, 0) is 78.9 Å². The lowest BCUT2D eigenvalue weighted by molar-refractivity contribution is -0.138. The Morgan fingerprint density at radius 3 is 2.04 bits per heavy atom. The van der Waals surface area contributed by atoms with Gasteiger partial charge in [-0.2, -0.15) is 0 Å². The number of hydrogen-bond donors (Lipinski definition) is 2. The Kier molecular flexibility index (Phi) is 11.4. The summed E-state index contributed by atoms with van der Waals surface area (Å²) in [6.45, 7) is 2.27. The molecule has 2 N–H and O–H groups in total. The number of carbonyl (C=O) groups excluding carboxylic acids is 1. The number of anilines is 2. The Morgan fingerprint density at radius 1 is 0.717 bits per heavy atom. The molecule has 5 aromatic rings. The first-order valence-electron chi connectivity index (χ1n) is 15.5. The number of carboxylic acid groups (broad SMARTS) is 1. The smallest absolute Gasteiger partial charge is 0.343 e. The molecule has 0 radical (unpaired) electrons. The molecular formula is C39H38N2O5. The van der Waals surface area contributed by atoms with Crippen LogP contribution in [0.3, 0.4) is 0 Å². The quantitative estimate of drug-likeness (QED) is 0.0664. The average molecular weight is 615 g/mol. The van der Waals surface area contributed by atoms with Crippen molar-refractivity contribution in [2.75, 3.05) is 23.4 Å². The first-order chi connectivity index (χ1) is 22.5. The Hall–Kier alpha value is -5.56. The average Bonchev–Trinajstić information content (AvgIpc) is 3.10. The minimum Gasteiger partial charge on any atom is -0.494 e. The number of rotatable bonds is 16. The second kappa shape index (κ2) is 16.5. The van der Waals surface area contributed by atoms with Gasteiger partial charge < -0.3 is 24.8 Å². The molecule has 7 nitrogen and oxygen atoms in total. The third kappa shape index (κ3) is 9.47. The van der Waals surface area contributed by atoms with Gasteiger partial charge in [0.15, 0.2) is 5.75 Å². The molecule has 1 unspecified atom stereocenters. The van der Waals surface area contributed by atoms with E-state index in [2.05, 4.69) is 58.7 Å². The van der Waals surface area contributed by atoms with E-state index in [1.807, 2.05) is 42.5 Å². The third-order valence-corrected chi connectivity index (χ3v) is 7.55. The van der Waals surface area contributed by atoms with Crippen molar-refractivity contribution in [1.29, 1.82) is 0 Å². The fraction of sp³-hybridized carbons (Fsp3) is 0.179. The van der Waals surface area contributed by atoms with E-state index < -0.39 is 18.0 Å². The topological polar surface area (TPSA) is 88.1 Å². The lowest BCUT2D eigenvalue weighted by Crippen LogP contribution is -2.30. The summed E-state index contributed by atoms with van der Waals surface area (Å²) in [7, 11) is 0. The molecule has 0 aliphatic heterocycles. The van der Waals surface area contributed by atoms with E-state index in [4.69, 9.17) is 9.47 Å². The lowest BCUT2D eigenvalue weighted by atomic mass is 10.0. The fourth-order valence-corrected chi connectivity index (χ4v) is 5.10.